The van der Waals surface area contributed by atoms with Crippen molar-refractivity contribution < 1.29 is 4.79 Å². The molecule has 1 amide bonds. The summed E-state index contributed by atoms with van der Waals surface area (Å²) in [6, 6.07) is 10.0. The van der Waals surface area contributed by atoms with Crippen LogP contribution in [-0.2, 0) is 11.2 Å². The minimum atomic E-state index is -0.0341. The van der Waals surface area contributed by atoms with E-state index in [0.29, 0.717) is 6.42 Å². The van der Waals surface area contributed by atoms with Crippen LogP contribution in [0.4, 0.5) is 0 Å². The van der Waals surface area contributed by atoms with E-state index in [0.717, 1.165) is 18.4 Å². The van der Waals surface area contributed by atoms with E-state index in [4.69, 9.17) is 0 Å². The minimum Gasteiger partial charge on any atom is -0.332 e. The molecule has 1 heterocycles. The van der Waals surface area contributed by atoms with Crippen molar-refractivity contribution in [3.05, 3.63) is 35.9 Å². The molecule has 0 spiro atoms. The highest BCUT2D eigenvalue weighted by Crippen LogP contribution is 2.38. The molecule has 0 N–H and O–H groups in total. The zero-order valence-electron chi connectivity index (χ0n) is 12.6. The lowest BCUT2D eigenvalue weighted by atomic mass is 9.79. The summed E-state index contributed by atoms with van der Waals surface area (Å²) in [5, 5.41) is 0. The maximum absolute atomic E-state index is 12.7. The Kier molecular flexibility index (Phi) is 3.71. The highest BCUT2D eigenvalue weighted by molar-refractivity contribution is 5.80. The van der Waals surface area contributed by atoms with Gasteiger partial charge in [-0.3, -0.25) is 4.79 Å². The van der Waals surface area contributed by atoms with Gasteiger partial charge < -0.3 is 4.90 Å². The highest BCUT2D eigenvalue weighted by Gasteiger charge is 2.43. The second-order valence-electron chi connectivity index (χ2n) is 6.87. The molecule has 0 saturated carbocycles. The molecule has 0 atom stereocenters. The van der Waals surface area contributed by atoms with Crippen LogP contribution in [0, 0.1) is 0 Å². The van der Waals surface area contributed by atoms with E-state index in [1.807, 2.05) is 30.3 Å². The summed E-state index contributed by atoms with van der Waals surface area (Å²) in [6.07, 6.45) is 3.90. The molecular formula is C17H25NO. The second kappa shape index (κ2) is 4.99. The molecule has 19 heavy (non-hydrogen) atoms. The topological polar surface area (TPSA) is 20.3 Å². The predicted octanol–water partition coefficient (Wildman–Crippen LogP) is 3.80. The first-order chi connectivity index (χ1) is 8.83. The van der Waals surface area contributed by atoms with Crippen LogP contribution in [0.3, 0.4) is 0 Å². The van der Waals surface area contributed by atoms with Crippen molar-refractivity contribution in [2.45, 2.75) is 64.5 Å². The van der Waals surface area contributed by atoms with Gasteiger partial charge in [0.2, 0.25) is 5.91 Å². The molecule has 104 valence electrons. The van der Waals surface area contributed by atoms with Crippen molar-refractivity contribution in [3.63, 3.8) is 0 Å². The standard InChI is InChI=1S/C17H25NO/c1-16(2)11-8-12-17(3,4)18(16)15(19)13-14-9-6-5-7-10-14/h5-7,9-10H,8,11-13H2,1-4H3. The molecule has 2 rings (SSSR count). The SMILES string of the molecule is CC1(C)CCCC(C)(C)N1C(=O)Cc1ccccc1. The third-order valence-electron chi connectivity index (χ3n) is 4.24. The molecular weight excluding hydrogens is 234 g/mol. The van der Waals surface area contributed by atoms with E-state index in [1.165, 1.54) is 6.42 Å². The number of amides is 1. The number of hydrogen-bond acceptors (Lipinski definition) is 1. The van der Waals surface area contributed by atoms with Crippen LogP contribution in [0.1, 0.15) is 52.5 Å². The van der Waals surface area contributed by atoms with Crippen LogP contribution in [0.5, 0.6) is 0 Å². The molecule has 1 fully saturated rings. The van der Waals surface area contributed by atoms with Crippen LogP contribution >= 0.6 is 0 Å². The Bertz CT molecular complexity index is 432. The van der Waals surface area contributed by atoms with E-state index < -0.39 is 0 Å². The third-order valence-corrected chi connectivity index (χ3v) is 4.24. The molecule has 1 saturated heterocycles. The molecule has 2 heteroatoms. The van der Waals surface area contributed by atoms with Crippen molar-refractivity contribution in [2.24, 2.45) is 0 Å². The first kappa shape index (κ1) is 14.1. The average Bonchev–Trinajstić information content (AvgIpc) is 2.27. The predicted molar refractivity (Wildman–Crippen MR) is 79.0 cm³/mol. The fourth-order valence-electron chi connectivity index (χ4n) is 3.52. The minimum absolute atomic E-state index is 0.0341. The van der Waals surface area contributed by atoms with Crippen molar-refractivity contribution >= 4 is 5.91 Å². The first-order valence-corrected chi connectivity index (χ1v) is 7.20. The van der Waals surface area contributed by atoms with Gasteiger partial charge in [-0.05, 0) is 52.5 Å². The summed E-state index contributed by atoms with van der Waals surface area (Å²) in [7, 11) is 0. The summed E-state index contributed by atoms with van der Waals surface area (Å²) < 4.78 is 0. The molecule has 1 aliphatic rings. The van der Waals surface area contributed by atoms with Gasteiger partial charge in [0.25, 0.3) is 0 Å². The Morgan fingerprint density at radius 1 is 1.05 bits per heavy atom. The number of carbonyl (C=O) groups is 1. The number of nitrogens with zero attached hydrogens (tertiary/aromatic N) is 1. The zero-order valence-corrected chi connectivity index (χ0v) is 12.6. The Hall–Kier alpha value is -1.31. The molecule has 0 aromatic heterocycles. The molecule has 1 aromatic carbocycles. The molecule has 0 aliphatic carbocycles. The van der Waals surface area contributed by atoms with Gasteiger partial charge in [0.1, 0.15) is 0 Å². The molecule has 2 nitrogen and oxygen atoms in total. The molecule has 0 bridgehead atoms. The zero-order chi connectivity index (χ0) is 14.1. The Balaban J connectivity index is 2.20. The summed E-state index contributed by atoms with van der Waals surface area (Å²) in [5.74, 6) is 0.251. The van der Waals surface area contributed by atoms with Crippen LogP contribution in [-0.4, -0.2) is 21.9 Å². The summed E-state index contributed by atoms with van der Waals surface area (Å²) in [6.45, 7) is 8.77. The van der Waals surface area contributed by atoms with Gasteiger partial charge in [0, 0.05) is 11.1 Å². The fourth-order valence-corrected chi connectivity index (χ4v) is 3.52. The average molecular weight is 259 g/mol. The maximum atomic E-state index is 12.7. The fraction of sp³-hybridized carbons (Fsp3) is 0.588. The Labute approximate surface area is 116 Å². The lowest BCUT2D eigenvalue weighted by molar-refractivity contribution is -0.148. The summed E-state index contributed by atoms with van der Waals surface area (Å²) >= 11 is 0. The van der Waals surface area contributed by atoms with E-state index in [-0.39, 0.29) is 17.0 Å². The van der Waals surface area contributed by atoms with Gasteiger partial charge in [-0.25, -0.2) is 0 Å². The largest absolute Gasteiger partial charge is 0.332 e. The summed E-state index contributed by atoms with van der Waals surface area (Å²) in [4.78, 5) is 14.8. The van der Waals surface area contributed by atoms with Crippen LogP contribution in [0.2, 0.25) is 0 Å². The van der Waals surface area contributed by atoms with E-state index >= 15 is 0 Å². The monoisotopic (exact) mass is 259 g/mol. The van der Waals surface area contributed by atoms with E-state index in [2.05, 4.69) is 32.6 Å². The molecule has 0 radical (unpaired) electrons. The number of rotatable bonds is 2. The van der Waals surface area contributed by atoms with Gasteiger partial charge in [-0.2, -0.15) is 0 Å². The van der Waals surface area contributed by atoms with Gasteiger partial charge in [0.05, 0.1) is 6.42 Å². The quantitative estimate of drug-likeness (QED) is 0.791. The van der Waals surface area contributed by atoms with E-state index in [9.17, 15) is 4.79 Å². The van der Waals surface area contributed by atoms with Crippen LogP contribution in [0.25, 0.3) is 0 Å². The van der Waals surface area contributed by atoms with Crippen LogP contribution < -0.4 is 0 Å². The first-order valence-electron chi connectivity index (χ1n) is 7.20. The lowest BCUT2D eigenvalue weighted by Crippen LogP contribution is -2.61. The van der Waals surface area contributed by atoms with Gasteiger partial charge in [-0.1, -0.05) is 30.3 Å². The smallest absolute Gasteiger partial charge is 0.227 e. The molecule has 1 aliphatic heterocycles. The third kappa shape index (κ3) is 2.99. The highest BCUT2D eigenvalue weighted by atomic mass is 16.2. The number of carbonyl (C=O) groups excluding carboxylic acids is 1. The van der Waals surface area contributed by atoms with Crippen molar-refractivity contribution in [1.29, 1.82) is 0 Å². The number of benzene rings is 1. The van der Waals surface area contributed by atoms with Gasteiger partial charge in [-0.15, -0.1) is 0 Å². The summed E-state index contributed by atoms with van der Waals surface area (Å²) in [5.41, 5.74) is 1.03. The number of likely N-dealkylation sites (tertiary alicyclic amines) is 1. The second-order valence-corrected chi connectivity index (χ2v) is 6.87. The van der Waals surface area contributed by atoms with Crippen molar-refractivity contribution in [3.8, 4) is 0 Å². The molecule has 1 aromatic rings. The van der Waals surface area contributed by atoms with E-state index in [1.54, 1.807) is 0 Å². The van der Waals surface area contributed by atoms with Crippen molar-refractivity contribution in [2.75, 3.05) is 0 Å². The number of piperidine rings is 1. The van der Waals surface area contributed by atoms with Crippen molar-refractivity contribution in [1.82, 2.24) is 4.90 Å². The number of hydrogen-bond donors (Lipinski definition) is 0. The van der Waals surface area contributed by atoms with Gasteiger partial charge >= 0.3 is 0 Å². The Morgan fingerprint density at radius 2 is 1.58 bits per heavy atom. The Morgan fingerprint density at radius 3 is 2.11 bits per heavy atom. The maximum Gasteiger partial charge on any atom is 0.227 e. The molecule has 0 unspecified atom stereocenters. The van der Waals surface area contributed by atoms with Gasteiger partial charge in [0.15, 0.2) is 0 Å². The van der Waals surface area contributed by atoms with Crippen LogP contribution in [0.15, 0.2) is 30.3 Å². The normalized spacial score (nSPS) is 21.2. The lowest BCUT2D eigenvalue weighted by Gasteiger charge is -2.53.